The van der Waals surface area contributed by atoms with Crippen molar-refractivity contribution in [1.82, 2.24) is 15.5 Å². The summed E-state index contributed by atoms with van der Waals surface area (Å²) >= 11 is 0. The fourth-order valence-electron chi connectivity index (χ4n) is 2.91. The van der Waals surface area contributed by atoms with E-state index in [4.69, 9.17) is 11.2 Å². The smallest absolute Gasteiger partial charge is 0.191 e. The van der Waals surface area contributed by atoms with Gasteiger partial charge in [-0.1, -0.05) is 18.1 Å². The number of likely N-dealkylation sites (tertiary alicyclic amines) is 1. The number of aliphatic imine (C=N–C) groups is 1. The third kappa shape index (κ3) is 5.87. The van der Waals surface area contributed by atoms with Gasteiger partial charge in [0, 0.05) is 13.6 Å². The van der Waals surface area contributed by atoms with Crippen LogP contribution in [0.15, 0.2) is 29.3 Å². The number of ether oxygens (including phenoxy) is 1. The second-order valence-corrected chi connectivity index (χ2v) is 5.55. The molecule has 1 fully saturated rings. The zero-order valence-electron chi connectivity index (χ0n) is 14.4. The Labute approximate surface area is 162 Å². The third-order valence-corrected chi connectivity index (χ3v) is 4.10. The Bertz CT molecular complexity index is 564. The van der Waals surface area contributed by atoms with Crippen LogP contribution in [0.4, 0.5) is 0 Å². The molecule has 1 atom stereocenters. The topological polar surface area (TPSA) is 48.9 Å². The highest BCUT2D eigenvalue weighted by Gasteiger charge is 2.24. The van der Waals surface area contributed by atoms with Crippen molar-refractivity contribution < 1.29 is 4.74 Å². The van der Waals surface area contributed by atoms with Crippen molar-refractivity contribution in [3.05, 3.63) is 29.8 Å². The molecular formula is C18H27IN4O. The number of hydrogen-bond donors (Lipinski definition) is 2. The lowest BCUT2D eigenvalue weighted by atomic mass is 10.1. The van der Waals surface area contributed by atoms with E-state index in [1.807, 2.05) is 12.1 Å². The van der Waals surface area contributed by atoms with Gasteiger partial charge < -0.3 is 15.4 Å². The van der Waals surface area contributed by atoms with E-state index in [1.165, 1.54) is 18.4 Å². The minimum atomic E-state index is 0. The van der Waals surface area contributed by atoms with Crippen molar-refractivity contribution in [1.29, 1.82) is 0 Å². The lowest BCUT2D eigenvalue weighted by Crippen LogP contribution is -2.42. The van der Waals surface area contributed by atoms with E-state index in [1.54, 1.807) is 14.2 Å². The summed E-state index contributed by atoms with van der Waals surface area (Å²) in [6.45, 7) is 3.49. The number of nitrogens with zero attached hydrogens (tertiary/aromatic N) is 2. The second-order valence-electron chi connectivity index (χ2n) is 5.55. The van der Waals surface area contributed by atoms with E-state index in [9.17, 15) is 0 Å². The van der Waals surface area contributed by atoms with Crippen LogP contribution in [-0.4, -0.2) is 51.2 Å². The average molecular weight is 442 g/mol. The summed E-state index contributed by atoms with van der Waals surface area (Å²) in [5.41, 5.74) is 1.26. The minimum absolute atomic E-state index is 0. The van der Waals surface area contributed by atoms with E-state index in [-0.39, 0.29) is 30.0 Å². The number of halogens is 1. The van der Waals surface area contributed by atoms with Gasteiger partial charge in [0.15, 0.2) is 5.96 Å². The molecule has 2 N–H and O–H groups in total. The zero-order chi connectivity index (χ0) is 16.5. The normalized spacial score (nSPS) is 16.0. The monoisotopic (exact) mass is 442 g/mol. The van der Waals surface area contributed by atoms with Crippen LogP contribution in [0.5, 0.6) is 5.75 Å². The number of benzene rings is 1. The predicted octanol–water partition coefficient (Wildman–Crippen LogP) is 2.25. The summed E-state index contributed by atoms with van der Waals surface area (Å²) in [6, 6.07) is 8.58. The largest absolute Gasteiger partial charge is 0.497 e. The van der Waals surface area contributed by atoms with Gasteiger partial charge in [-0.25, -0.2) is 0 Å². The van der Waals surface area contributed by atoms with Crippen LogP contribution in [0.2, 0.25) is 0 Å². The summed E-state index contributed by atoms with van der Waals surface area (Å²) in [6.07, 6.45) is 7.80. The fourth-order valence-corrected chi connectivity index (χ4v) is 2.91. The summed E-state index contributed by atoms with van der Waals surface area (Å²) in [7, 11) is 3.45. The van der Waals surface area contributed by atoms with E-state index < -0.39 is 0 Å². The van der Waals surface area contributed by atoms with Crippen LogP contribution in [0.3, 0.4) is 0 Å². The molecule has 6 heteroatoms. The van der Waals surface area contributed by atoms with Gasteiger partial charge in [-0.3, -0.25) is 9.89 Å². The van der Waals surface area contributed by atoms with Gasteiger partial charge in [-0.2, -0.15) is 0 Å². The van der Waals surface area contributed by atoms with Crippen molar-refractivity contribution in [2.75, 3.05) is 40.3 Å². The third-order valence-electron chi connectivity index (χ3n) is 4.10. The van der Waals surface area contributed by atoms with Gasteiger partial charge in [0.2, 0.25) is 0 Å². The van der Waals surface area contributed by atoms with Gasteiger partial charge in [0.05, 0.1) is 19.7 Å². The first kappa shape index (κ1) is 20.6. The van der Waals surface area contributed by atoms with Crippen molar-refractivity contribution >= 4 is 29.9 Å². The van der Waals surface area contributed by atoms with Crippen molar-refractivity contribution in [2.24, 2.45) is 4.99 Å². The van der Waals surface area contributed by atoms with E-state index >= 15 is 0 Å². The highest BCUT2D eigenvalue weighted by molar-refractivity contribution is 14.0. The molecule has 1 aromatic rings. The van der Waals surface area contributed by atoms with Gasteiger partial charge in [-0.15, -0.1) is 30.4 Å². The Balaban J connectivity index is 0.00000288. The van der Waals surface area contributed by atoms with Crippen molar-refractivity contribution in [3.63, 3.8) is 0 Å². The van der Waals surface area contributed by atoms with Crippen molar-refractivity contribution in [2.45, 2.75) is 18.9 Å². The number of terminal acetylenes is 1. The lowest BCUT2D eigenvalue weighted by molar-refractivity contribution is 0.245. The van der Waals surface area contributed by atoms with Gasteiger partial charge in [0.25, 0.3) is 0 Å². The number of nitrogens with one attached hydrogen (secondary N) is 2. The molecule has 1 saturated heterocycles. The number of rotatable bonds is 6. The molecule has 1 aliphatic rings. The minimum Gasteiger partial charge on any atom is -0.497 e. The lowest BCUT2D eigenvalue weighted by Gasteiger charge is -2.29. The van der Waals surface area contributed by atoms with Crippen LogP contribution in [0, 0.1) is 12.3 Å². The predicted molar refractivity (Wildman–Crippen MR) is 110 cm³/mol. The van der Waals surface area contributed by atoms with Gasteiger partial charge >= 0.3 is 0 Å². The summed E-state index contributed by atoms with van der Waals surface area (Å²) < 4.78 is 5.37. The molecule has 1 aromatic carbocycles. The Morgan fingerprint density at radius 1 is 1.38 bits per heavy atom. The van der Waals surface area contributed by atoms with E-state index in [2.05, 4.69) is 38.6 Å². The van der Waals surface area contributed by atoms with Crippen LogP contribution in [-0.2, 0) is 0 Å². The second kappa shape index (κ2) is 11.2. The van der Waals surface area contributed by atoms with Crippen LogP contribution < -0.4 is 15.4 Å². The van der Waals surface area contributed by atoms with Crippen molar-refractivity contribution in [3.8, 4) is 18.1 Å². The standard InChI is InChI=1S/C18H26N4O.HI/c1-4-10-20-18(19-2)21-14-17(22-11-5-6-12-22)15-8-7-9-16(13-15)23-3;/h1,7-9,13,17H,5-6,10-12,14H2,2-3H3,(H2,19,20,21);1H. The number of methoxy groups -OCH3 is 1. The Hall–Kier alpha value is -1.46. The first-order valence-corrected chi connectivity index (χ1v) is 8.04. The first-order valence-electron chi connectivity index (χ1n) is 8.04. The maximum absolute atomic E-state index is 5.37. The Morgan fingerprint density at radius 2 is 2.12 bits per heavy atom. The molecular weight excluding hydrogens is 415 g/mol. The summed E-state index contributed by atoms with van der Waals surface area (Å²) in [5, 5.41) is 6.48. The molecule has 2 rings (SSSR count). The van der Waals surface area contributed by atoms with Crippen LogP contribution in [0.25, 0.3) is 0 Å². The molecule has 24 heavy (non-hydrogen) atoms. The molecule has 0 bridgehead atoms. The molecule has 0 aliphatic carbocycles. The highest BCUT2D eigenvalue weighted by Crippen LogP contribution is 2.27. The van der Waals surface area contributed by atoms with Gasteiger partial charge in [-0.05, 0) is 43.6 Å². The van der Waals surface area contributed by atoms with Crippen LogP contribution >= 0.6 is 24.0 Å². The zero-order valence-corrected chi connectivity index (χ0v) is 16.7. The summed E-state index contributed by atoms with van der Waals surface area (Å²) in [5.74, 6) is 4.18. The molecule has 1 aliphatic heterocycles. The molecule has 0 aromatic heterocycles. The number of hydrogen-bond acceptors (Lipinski definition) is 3. The SMILES string of the molecule is C#CCNC(=NC)NCC(c1cccc(OC)c1)N1CCCC1.I. The number of guanidine groups is 1. The Morgan fingerprint density at radius 3 is 2.75 bits per heavy atom. The Kier molecular flexibility index (Phi) is 9.57. The molecule has 0 radical (unpaired) electrons. The molecule has 5 nitrogen and oxygen atoms in total. The molecule has 0 spiro atoms. The maximum atomic E-state index is 5.37. The molecule has 1 unspecified atom stereocenters. The molecule has 1 heterocycles. The van der Waals surface area contributed by atoms with Gasteiger partial charge in [0.1, 0.15) is 5.75 Å². The molecule has 0 saturated carbocycles. The molecule has 132 valence electrons. The maximum Gasteiger partial charge on any atom is 0.191 e. The average Bonchev–Trinajstić information content (AvgIpc) is 3.12. The highest BCUT2D eigenvalue weighted by atomic mass is 127. The van der Waals surface area contributed by atoms with Crippen LogP contribution in [0.1, 0.15) is 24.4 Å². The fraction of sp³-hybridized carbons (Fsp3) is 0.500. The van der Waals surface area contributed by atoms with E-state index in [0.29, 0.717) is 6.54 Å². The van der Waals surface area contributed by atoms with E-state index in [0.717, 1.165) is 31.3 Å². The quantitative estimate of drug-likeness (QED) is 0.307. The first-order chi connectivity index (χ1) is 11.3. The summed E-state index contributed by atoms with van der Waals surface area (Å²) in [4.78, 5) is 6.72. The molecule has 0 amide bonds.